The van der Waals surface area contributed by atoms with E-state index < -0.39 is 17.5 Å². The van der Waals surface area contributed by atoms with Gasteiger partial charge in [-0.3, -0.25) is 4.68 Å². The average Bonchev–Trinajstić information content (AvgIpc) is 3.57. The summed E-state index contributed by atoms with van der Waals surface area (Å²) in [7, 11) is 0. The van der Waals surface area contributed by atoms with Crippen LogP contribution in [0.4, 0.5) is 13.2 Å². The molecule has 0 spiro atoms. The highest BCUT2D eigenvalue weighted by atomic mass is 19.2. The second kappa shape index (κ2) is 8.62. The molecular formula is C26H25F3N6O. The highest BCUT2D eigenvalue weighted by Gasteiger charge is 2.34. The van der Waals surface area contributed by atoms with Crippen molar-refractivity contribution < 1.29 is 17.9 Å². The summed E-state index contributed by atoms with van der Waals surface area (Å²) < 4.78 is 50.9. The van der Waals surface area contributed by atoms with Gasteiger partial charge < -0.3 is 4.74 Å². The first-order valence-corrected chi connectivity index (χ1v) is 12.1. The van der Waals surface area contributed by atoms with Crippen molar-refractivity contribution in [2.24, 2.45) is 0 Å². The van der Waals surface area contributed by atoms with Crippen LogP contribution in [0.2, 0.25) is 0 Å². The molecule has 0 radical (unpaired) electrons. The fourth-order valence-corrected chi connectivity index (χ4v) is 4.83. The maximum Gasteiger partial charge on any atom is 0.182 e. The molecule has 0 unspecified atom stereocenters. The standard InChI is InChI=1S/C26H25F3N6O/c1-12-6-15(7-22(36-12)16-10-30-35(11-16)17-4-5-17)25-33-23(18-8-20(28)21(29)9-19(18)27)24-26(34-25)32-14(3)13(2)31-24/h8-12,15,17,22H,4-7H2,1-3H3/t12-,15+,22+/m0/s1. The number of hydrogen-bond acceptors (Lipinski definition) is 6. The van der Waals surface area contributed by atoms with E-state index in [4.69, 9.17) is 9.72 Å². The molecule has 0 amide bonds. The summed E-state index contributed by atoms with van der Waals surface area (Å²) in [6.45, 7) is 5.58. The summed E-state index contributed by atoms with van der Waals surface area (Å²) in [6.07, 6.45) is 7.14. The lowest BCUT2D eigenvalue weighted by Crippen LogP contribution is -2.26. The van der Waals surface area contributed by atoms with E-state index in [0.29, 0.717) is 47.8 Å². The quantitative estimate of drug-likeness (QED) is 0.340. The third-order valence-electron chi connectivity index (χ3n) is 7.02. The lowest BCUT2D eigenvalue weighted by molar-refractivity contribution is -0.0511. The van der Waals surface area contributed by atoms with Crippen LogP contribution in [-0.2, 0) is 4.74 Å². The van der Waals surface area contributed by atoms with Gasteiger partial charge in [0.25, 0.3) is 0 Å². The number of aryl methyl sites for hydroxylation is 2. The van der Waals surface area contributed by atoms with E-state index in [2.05, 4.69) is 20.1 Å². The number of aromatic nitrogens is 6. The van der Waals surface area contributed by atoms with E-state index >= 15 is 0 Å². The van der Waals surface area contributed by atoms with Crippen molar-refractivity contribution in [1.29, 1.82) is 0 Å². The topological polar surface area (TPSA) is 78.6 Å². The van der Waals surface area contributed by atoms with Crippen LogP contribution < -0.4 is 0 Å². The molecule has 7 nitrogen and oxygen atoms in total. The van der Waals surface area contributed by atoms with Gasteiger partial charge in [0, 0.05) is 29.3 Å². The number of fused-ring (bicyclic) bond motifs is 1. The van der Waals surface area contributed by atoms with Crippen molar-refractivity contribution in [3.63, 3.8) is 0 Å². The molecule has 4 heterocycles. The van der Waals surface area contributed by atoms with Gasteiger partial charge in [-0.15, -0.1) is 0 Å². The minimum absolute atomic E-state index is 0.0772. The second-order valence-corrected chi connectivity index (χ2v) is 9.83. The Morgan fingerprint density at radius 1 is 0.917 bits per heavy atom. The van der Waals surface area contributed by atoms with E-state index in [1.54, 1.807) is 6.92 Å². The Balaban J connectivity index is 1.45. The van der Waals surface area contributed by atoms with E-state index in [1.807, 2.05) is 30.9 Å². The van der Waals surface area contributed by atoms with Crippen LogP contribution in [0.5, 0.6) is 0 Å². The van der Waals surface area contributed by atoms with E-state index in [9.17, 15) is 13.2 Å². The first-order chi connectivity index (χ1) is 17.3. The van der Waals surface area contributed by atoms with Crippen LogP contribution in [0.3, 0.4) is 0 Å². The molecule has 1 aromatic carbocycles. The number of rotatable bonds is 4. The van der Waals surface area contributed by atoms with Gasteiger partial charge in [0.1, 0.15) is 22.9 Å². The molecule has 3 atom stereocenters. The largest absolute Gasteiger partial charge is 0.370 e. The predicted octanol–water partition coefficient (Wildman–Crippen LogP) is 5.68. The van der Waals surface area contributed by atoms with Crippen molar-refractivity contribution in [1.82, 2.24) is 29.7 Å². The fraction of sp³-hybridized carbons (Fsp3) is 0.423. The normalized spacial score (nSPS) is 22.3. The van der Waals surface area contributed by atoms with Crippen LogP contribution in [0.1, 0.15) is 73.4 Å². The Morgan fingerprint density at radius 3 is 2.44 bits per heavy atom. The smallest absolute Gasteiger partial charge is 0.182 e. The number of halogens is 3. The Labute approximate surface area is 205 Å². The molecule has 1 aliphatic heterocycles. The molecule has 36 heavy (non-hydrogen) atoms. The molecule has 0 bridgehead atoms. The minimum atomic E-state index is -1.26. The van der Waals surface area contributed by atoms with Crippen molar-refractivity contribution >= 4 is 11.2 Å². The maximum absolute atomic E-state index is 14.9. The molecule has 2 fully saturated rings. The van der Waals surface area contributed by atoms with Crippen molar-refractivity contribution in [2.75, 3.05) is 0 Å². The summed E-state index contributed by atoms with van der Waals surface area (Å²) in [6, 6.07) is 1.81. The third-order valence-corrected chi connectivity index (χ3v) is 7.02. The van der Waals surface area contributed by atoms with Gasteiger partial charge in [-0.05, 0) is 52.5 Å². The van der Waals surface area contributed by atoms with Crippen molar-refractivity contribution in [3.8, 4) is 11.3 Å². The molecular weight excluding hydrogens is 469 g/mol. The Kier molecular flexibility index (Phi) is 5.51. The van der Waals surface area contributed by atoms with Gasteiger partial charge in [-0.2, -0.15) is 5.10 Å². The molecule has 0 N–H and O–H groups in total. The van der Waals surface area contributed by atoms with Gasteiger partial charge in [0.15, 0.2) is 17.3 Å². The lowest BCUT2D eigenvalue weighted by atomic mass is 9.89. The first-order valence-electron chi connectivity index (χ1n) is 12.1. The number of nitrogens with zero attached hydrogens (tertiary/aromatic N) is 6. The SMILES string of the molecule is Cc1nc2nc([C@@H]3C[C@H](C)O[C@@H](c4cnn(C5CC5)c4)C3)nc(-c3cc(F)c(F)cc3F)c2nc1C. The molecule has 1 saturated heterocycles. The molecule has 1 aliphatic carbocycles. The van der Waals surface area contributed by atoms with E-state index in [1.165, 1.54) is 0 Å². The fourth-order valence-electron chi connectivity index (χ4n) is 4.83. The molecule has 10 heteroatoms. The maximum atomic E-state index is 14.9. The molecule has 3 aromatic heterocycles. The summed E-state index contributed by atoms with van der Waals surface area (Å²) >= 11 is 0. The van der Waals surface area contributed by atoms with E-state index in [0.717, 1.165) is 24.5 Å². The summed E-state index contributed by atoms with van der Waals surface area (Å²) in [5.74, 6) is -3.02. The van der Waals surface area contributed by atoms with Crippen LogP contribution in [0, 0.1) is 31.3 Å². The highest BCUT2D eigenvalue weighted by Crippen LogP contribution is 2.41. The highest BCUT2D eigenvalue weighted by molar-refractivity contribution is 5.87. The number of hydrogen-bond donors (Lipinski definition) is 0. The second-order valence-electron chi connectivity index (χ2n) is 9.83. The van der Waals surface area contributed by atoms with Crippen LogP contribution in [0.25, 0.3) is 22.4 Å². The number of ether oxygens (including phenoxy) is 1. The Morgan fingerprint density at radius 2 is 1.67 bits per heavy atom. The van der Waals surface area contributed by atoms with Crippen molar-refractivity contribution in [2.45, 2.75) is 70.6 Å². The summed E-state index contributed by atoms with van der Waals surface area (Å²) in [5.41, 5.74) is 2.75. The first kappa shape index (κ1) is 23.0. The molecule has 186 valence electrons. The zero-order valence-corrected chi connectivity index (χ0v) is 20.2. The summed E-state index contributed by atoms with van der Waals surface area (Å²) in [4.78, 5) is 18.5. The third kappa shape index (κ3) is 4.13. The van der Waals surface area contributed by atoms with Crippen LogP contribution in [-0.4, -0.2) is 35.8 Å². The van der Waals surface area contributed by atoms with Gasteiger partial charge in [0.2, 0.25) is 0 Å². The minimum Gasteiger partial charge on any atom is -0.370 e. The average molecular weight is 495 g/mol. The molecule has 6 rings (SSSR count). The molecule has 4 aromatic rings. The monoisotopic (exact) mass is 494 g/mol. The molecule has 1 saturated carbocycles. The zero-order chi connectivity index (χ0) is 25.1. The predicted molar refractivity (Wildman–Crippen MR) is 126 cm³/mol. The van der Waals surface area contributed by atoms with Gasteiger partial charge in [-0.25, -0.2) is 33.1 Å². The van der Waals surface area contributed by atoms with Crippen LogP contribution in [0.15, 0.2) is 24.5 Å². The van der Waals surface area contributed by atoms with Crippen LogP contribution >= 0.6 is 0 Å². The van der Waals surface area contributed by atoms with E-state index in [-0.39, 0.29) is 34.9 Å². The zero-order valence-electron chi connectivity index (χ0n) is 20.2. The van der Waals surface area contributed by atoms with Gasteiger partial charge >= 0.3 is 0 Å². The molecule has 2 aliphatic rings. The van der Waals surface area contributed by atoms with Gasteiger partial charge in [0.05, 0.1) is 35.8 Å². The summed E-state index contributed by atoms with van der Waals surface area (Å²) in [5, 5.41) is 4.49. The lowest BCUT2D eigenvalue weighted by Gasteiger charge is -2.33. The van der Waals surface area contributed by atoms with Gasteiger partial charge in [-0.1, -0.05) is 0 Å². The Bertz CT molecular complexity index is 1480. The van der Waals surface area contributed by atoms with Crippen molar-refractivity contribution in [3.05, 3.63) is 64.8 Å². The Hall–Kier alpha value is -3.40. The number of benzene rings is 1.